The molecule has 0 aliphatic carbocycles. The number of nitrogens with zero attached hydrogens (tertiary/aromatic N) is 3. The third kappa shape index (κ3) is 3.39. The van der Waals surface area contributed by atoms with Gasteiger partial charge in [0, 0.05) is 13.1 Å². The molecule has 2 aromatic heterocycles. The lowest BCUT2D eigenvalue weighted by Gasteiger charge is -2.15. The van der Waals surface area contributed by atoms with Crippen LogP contribution in [0.5, 0.6) is 0 Å². The van der Waals surface area contributed by atoms with Gasteiger partial charge in [0.25, 0.3) is 0 Å². The monoisotopic (exact) mass is 308 g/mol. The summed E-state index contributed by atoms with van der Waals surface area (Å²) in [7, 11) is 2.02. The molecule has 5 heteroatoms. The standard InChI is InChI=1S/C16H28N4S/c1-6-8-13-14-15(19(5)18-13)20(16(21)17-14)12(4)10-7-9-11(2)3/h11-12H,6-10H2,1-5H3,(H,17,21). The van der Waals surface area contributed by atoms with Crippen LogP contribution in [0.1, 0.15) is 65.1 Å². The summed E-state index contributed by atoms with van der Waals surface area (Å²) in [5.74, 6) is 0.768. The topological polar surface area (TPSA) is 38.5 Å². The molecule has 0 aromatic carbocycles. The zero-order chi connectivity index (χ0) is 15.6. The van der Waals surface area contributed by atoms with Crippen molar-refractivity contribution in [1.82, 2.24) is 19.3 Å². The number of aromatic amines is 1. The Morgan fingerprint density at radius 3 is 2.57 bits per heavy atom. The van der Waals surface area contributed by atoms with Gasteiger partial charge in [-0.05, 0) is 37.9 Å². The van der Waals surface area contributed by atoms with Crippen molar-refractivity contribution in [1.29, 1.82) is 0 Å². The molecule has 2 rings (SSSR count). The number of H-pyrrole nitrogens is 1. The molecule has 0 aliphatic heterocycles. The number of aryl methyl sites for hydroxylation is 2. The molecule has 0 amide bonds. The van der Waals surface area contributed by atoms with E-state index in [0.717, 1.165) is 46.8 Å². The quantitative estimate of drug-likeness (QED) is 0.748. The average Bonchev–Trinajstić information content (AvgIpc) is 2.87. The Kier molecular flexibility index (Phi) is 5.25. The van der Waals surface area contributed by atoms with E-state index in [9.17, 15) is 0 Å². The van der Waals surface area contributed by atoms with E-state index in [1.807, 2.05) is 11.7 Å². The van der Waals surface area contributed by atoms with Crippen LogP contribution in [0.4, 0.5) is 0 Å². The summed E-state index contributed by atoms with van der Waals surface area (Å²) in [4.78, 5) is 3.38. The van der Waals surface area contributed by atoms with Crippen molar-refractivity contribution in [2.24, 2.45) is 13.0 Å². The Labute approximate surface area is 132 Å². The second kappa shape index (κ2) is 6.77. The lowest BCUT2D eigenvalue weighted by Crippen LogP contribution is -2.09. The van der Waals surface area contributed by atoms with Crippen molar-refractivity contribution >= 4 is 23.4 Å². The van der Waals surface area contributed by atoms with Crippen molar-refractivity contribution < 1.29 is 0 Å². The molecule has 1 N–H and O–H groups in total. The van der Waals surface area contributed by atoms with Gasteiger partial charge in [0.15, 0.2) is 10.4 Å². The fourth-order valence-electron chi connectivity index (χ4n) is 3.01. The predicted molar refractivity (Wildman–Crippen MR) is 91.3 cm³/mol. The summed E-state index contributed by atoms with van der Waals surface area (Å²) in [6.07, 6.45) is 5.77. The smallest absolute Gasteiger partial charge is 0.179 e. The first-order chi connectivity index (χ1) is 9.95. The zero-order valence-electron chi connectivity index (χ0n) is 13.9. The molecule has 21 heavy (non-hydrogen) atoms. The van der Waals surface area contributed by atoms with E-state index >= 15 is 0 Å². The summed E-state index contributed by atoms with van der Waals surface area (Å²) >= 11 is 5.55. The van der Waals surface area contributed by atoms with E-state index in [1.165, 1.54) is 12.8 Å². The molecule has 2 aromatic rings. The van der Waals surface area contributed by atoms with Crippen LogP contribution in [-0.2, 0) is 13.5 Å². The van der Waals surface area contributed by atoms with Crippen molar-refractivity contribution in [3.05, 3.63) is 10.5 Å². The van der Waals surface area contributed by atoms with Gasteiger partial charge < -0.3 is 4.98 Å². The molecule has 4 nitrogen and oxygen atoms in total. The highest BCUT2D eigenvalue weighted by atomic mass is 32.1. The first-order valence-corrected chi connectivity index (χ1v) is 8.52. The number of nitrogens with one attached hydrogen (secondary N) is 1. The Hall–Kier alpha value is -1.10. The number of imidazole rings is 1. The zero-order valence-corrected chi connectivity index (χ0v) is 14.8. The highest BCUT2D eigenvalue weighted by molar-refractivity contribution is 7.71. The molecule has 0 radical (unpaired) electrons. The number of hydrogen-bond acceptors (Lipinski definition) is 2. The van der Waals surface area contributed by atoms with Crippen LogP contribution in [0.2, 0.25) is 0 Å². The Balaban J connectivity index is 2.31. The van der Waals surface area contributed by atoms with Gasteiger partial charge >= 0.3 is 0 Å². The molecule has 0 fully saturated rings. The average molecular weight is 308 g/mol. The van der Waals surface area contributed by atoms with Crippen LogP contribution in [0.25, 0.3) is 11.2 Å². The number of aromatic nitrogens is 4. The van der Waals surface area contributed by atoms with Crippen molar-refractivity contribution in [2.75, 3.05) is 0 Å². The molecule has 118 valence electrons. The van der Waals surface area contributed by atoms with E-state index in [1.54, 1.807) is 0 Å². The highest BCUT2D eigenvalue weighted by Gasteiger charge is 2.18. The van der Waals surface area contributed by atoms with E-state index < -0.39 is 0 Å². The summed E-state index contributed by atoms with van der Waals surface area (Å²) in [5.41, 5.74) is 3.40. The van der Waals surface area contributed by atoms with Gasteiger partial charge in [-0.15, -0.1) is 0 Å². The minimum Gasteiger partial charge on any atom is -0.328 e. The summed E-state index contributed by atoms with van der Waals surface area (Å²) in [6, 6.07) is 0.412. The second-order valence-corrected chi connectivity index (χ2v) is 6.88. The maximum absolute atomic E-state index is 5.55. The highest BCUT2D eigenvalue weighted by Crippen LogP contribution is 2.25. The second-order valence-electron chi connectivity index (χ2n) is 6.49. The molecule has 1 unspecified atom stereocenters. The molecule has 0 saturated carbocycles. The van der Waals surface area contributed by atoms with Gasteiger partial charge in [0.2, 0.25) is 0 Å². The van der Waals surface area contributed by atoms with Crippen molar-refractivity contribution in [3.8, 4) is 0 Å². The predicted octanol–water partition coefficient (Wildman–Crippen LogP) is 4.77. The van der Waals surface area contributed by atoms with Crippen LogP contribution >= 0.6 is 12.2 Å². The van der Waals surface area contributed by atoms with Gasteiger partial charge in [-0.25, -0.2) is 0 Å². The van der Waals surface area contributed by atoms with Gasteiger partial charge in [0.1, 0.15) is 5.52 Å². The first-order valence-electron chi connectivity index (χ1n) is 8.11. The number of rotatable bonds is 7. The van der Waals surface area contributed by atoms with Crippen molar-refractivity contribution in [2.45, 2.75) is 65.8 Å². The molecular weight excluding hydrogens is 280 g/mol. The van der Waals surface area contributed by atoms with E-state index in [0.29, 0.717) is 6.04 Å². The fraction of sp³-hybridized carbons (Fsp3) is 0.750. The molecule has 0 saturated heterocycles. The Bertz CT molecular complexity index is 647. The lowest BCUT2D eigenvalue weighted by atomic mass is 10.0. The molecular formula is C16H28N4S. The molecule has 0 spiro atoms. The normalized spacial score (nSPS) is 13.4. The Morgan fingerprint density at radius 1 is 1.24 bits per heavy atom. The maximum Gasteiger partial charge on any atom is 0.179 e. The molecule has 2 heterocycles. The summed E-state index contributed by atoms with van der Waals surface area (Å²) < 4.78 is 5.05. The van der Waals surface area contributed by atoms with Crippen LogP contribution in [0, 0.1) is 10.7 Å². The van der Waals surface area contributed by atoms with Crippen molar-refractivity contribution in [3.63, 3.8) is 0 Å². The number of hydrogen-bond donors (Lipinski definition) is 1. The number of fused-ring (bicyclic) bond motifs is 1. The van der Waals surface area contributed by atoms with Crippen LogP contribution in [0.3, 0.4) is 0 Å². The Morgan fingerprint density at radius 2 is 1.95 bits per heavy atom. The third-order valence-electron chi connectivity index (χ3n) is 4.10. The minimum atomic E-state index is 0.412. The third-order valence-corrected chi connectivity index (χ3v) is 4.40. The van der Waals surface area contributed by atoms with Gasteiger partial charge in [-0.2, -0.15) is 5.10 Å². The largest absolute Gasteiger partial charge is 0.328 e. The first kappa shape index (κ1) is 16.3. The van der Waals surface area contributed by atoms with Crippen LogP contribution in [0.15, 0.2) is 0 Å². The lowest BCUT2D eigenvalue weighted by molar-refractivity contribution is 0.446. The molecule has 0 aliphatic rings. The van der Waals surface area contributed by atoms with Gasteiger partial charge in [-0.3, -0.25) is 9.25 Å². The maximum atomic E-state index is 5.55. The fourth-order valence-corrected chi connectivity index (χ4v) is 3.38. The summed E-state index contributed by atoms with van der Waals surface area (Å²) in [6.45, 7) is 9.00. The van der Waals surface area contributed by atoms with Gasteiger partial charge in [-0.1, -0.05) is 40.0 Å². The van der Waals surface area contributed by atoms with Gasteiger partial charge in [0.05, 0.1) is 5.69 Å². The van der Waals surface area contributed by atoms with Crippen LogP contribution in [-0.4, -0.2) is 19.3 Å². The SMILES string of the molecule is CCCc1nn(C)c2c1[nH]c(=S)n2C(C)CCCC(C)C. The van der Waals surface area contributed by atoms with E-state index in [4.69, 9.17) is 12.2 Å². The molecule has 1 atom stereocenters. The minimum absolute atomic E-state index is 0.412. The van der Waals surface area contributed by atoms with E-state index in [2.05, 4.69) is 42.3 Å². The van der Waals surface area contributed by atoms with Crippen LogP contribution < -0.4 is 0 Å². The molecule has 0 bridgehead atoms. The van der Waals surface area contributed by atoms with E-state index in [-0.39, 0.29) is 0 Å². The summed E-state index contributed by atoms with van der Waals surface area (Å²) in [5, 5.41) is 4.65.